The molecule has 164 valence electrons. The van der Waals surface area contributed by atoms with Crippen LogP contribution in [-0.2, 0) is 4.74 Å². The fraction of sp³-hybridized carbons (Fsp3) is 0.609. The van der Waals surface area contributed by atoms with Crippen LogP contribution in [0, 0.1) is 16.0 Å². The van der Waals surface area contributed by atoms with E-state index in [-0.39, 0.29) is 16.7 Å². The Morgan fingerprint density at radius 2 is 2.00 bits per heavy atom. The lowest BCUT2D eigenvalue weighted by Gasteiger charge is -2.32. The average Bonchev–Trinajstić information content (AvgIpc) is 2.77. The molecule has 7 heteroatoms. The van der Waals surface area contributed by atoms with Crippen molar-refractivity contribution < 1.29 is 14.5 Å². The molecule has 0 bridgehead atoms. The number of nitro groups is 1. The van der Waals surface area contributed by atoms with Crippen LogP contribution in [0.25, 0.3) is 5.57 Å². The van der Waals surface area contributed by atoms with E-state index in [4.69, 9.17) is 4.74 Å². The molecular formula is C23H33N3O4. The van der Waals surface area contributed by atoms with Crippen molar-refractivity contribution in [1.29, 1.82) is 0 Å². The Morgan fingerprint density at radius 1 is 1.23 bits per heavy atom. The zero-order chi connectivity index (χ0) is 21.5. The van der Waals surface area contributed by atoms with E-state index < -0.39 is 0 Å². The molecule has 2 heterocycles. The monoisotopic (exact) mass is 415 g/mol. The van der Waals surface area contributed by atoms with E-state index in [0.717, 1.165) is 62.8 Å². The molecule has 2 aliphatic heterocycles. The van der Waals surface area contributed by atoms with Gasteiger partial charge in [0.1, 0.15) is 5.69 Å². The first kappa shape index (κ1) is 22.1. The van der Waals surface area contributed by atoms with Gasteiger partial charge in [-0.05, 0) is 54.9 Å². The van der Waals surface area contributed by atoms with Gasteiger partial charge in [-0.25, -0.2) is 4.79 Å². The first-order valence-electron chi connectivity index (χ1n) is 11.1. The van der Waals surface area contributed by atoms with E-state index in [1.165, 1.54) is 0 Å². The number of benzene rings is 1. The first-order chi connectivity index (χ1) is 14.5. The minimum Gasteiger partial charge on any atom is -0.449 e. The van der Waals surface area contributed by atoms with Gasteiger partial charge in [-0.3, -0.25) is 10.1 Å². The molecule has 1 fully saturated rings. The first-order valence-corrected chi connectivity index (χ1v) is 11.1. The summed E-state index contributed by atoms with van der Waals surface area (Å²) >= 11 is 0. The molecule has 1 amide bonds. The molecule has 0 aromatic heterocycles. The number of carbonyl (C=O) groups excluding carboxylic acids is 1. The summed E-state index contributed by atoms with van der Waals surface area (Å²) in [4.78, 5) is 27.3. The minimum atomic E-state index is -0.289. The number of unbranched alkanes of at least 4 members (excludes halogenated alkanes) is 2. The zero-order valence-corrected chi connectivity index (χ0v) is 18.1. The van der Waals surface area contributed by atoms with E-state index >= 15 is 0 Å². The highest BCUT2D eigenvalue weighted by atomic mass is 16.6. The van der Waals surface area contributed by atoms with Crippen LogP contribution in [0.1, 0.15) is 57.9 Å². The largest absolute Gasteiger partial charge is 0.449 e. The topological polar surface area (TPSA) is 75.9 Å². The van der Waals surface area contributed by atoms with Crippen LogP contribution in [0.5, 0.6) is 0 Å². The number of hydrogen-bond donors (Lipinski definition) is 0. The maximum atomic E-state index is 12.2. The van der Waals surface area contributed by atoms with Gasteiger partial charge in [0.2, 0.25) is 0 Å². The Bertz CT molecular complexity index is 785. The van der Waals surface area contributed by atoms with E-state index in [1.807, 2.05) is 18.2 Å². The van der Waals surface area contributed by atoms with Gasteiger partial charge in [0.15, 0.2) is 0 Å². The number of rotatable bonds is 7. The van der Waals surface area contributed by atoms with Crippen LogP contribution in [0.15, 0.2) is 24.3 Å². The average molecular weight is 416 g/mol. The van der Waals surface area contributed by atoms with Crippen LogP contribution in [0.3, 0.4) is 0 Å². The summed E-state index contributed by atoms with van der Waals surface area (Å²) < 4.78 is 5.35. The number of amides is 1. The van der Waals surface area contributed by atoms with E-state index in [0.29, 0.717) is 31.3 Å². The molecule has 0 N–H and O–H groups in total. The van der Waals surface area contributed by atoms with Crippen molar-refractivity contribution in [2.75, 3.05) is 37.7 Å². The standard InChI is InChI=1S/C23H33N3O4/c1-3-4-5-16-30-23(27)25-14-10-19(11-15-25)20-6-7-21(26(28)29)22(17-20)24-12-8-18(2)9-13-24/h6-7,10,17-18H,3-5,8-9,11-16H2,1-2H3. The molecule has 0 saturated carbocycles. The number of hydrogen-bond acceptors (Lipinski definition) is 5. The SMILES string of the molecule is CCCCCOC(=O)N1CC=C(c2ccc([N+](=O)[O-])c(N3CCC(C)CC3)c2)CC1. The maximum Gasteiger partial charge on any atom is 0.410 e. The van der Waals surface area contributed by atoms with E-state index in [1.54, 1.807) is 11.0 Å². The van der Waals surface area contributed by atoms with Crippen LogP contribution >= 0.6 is 0 Å². The predicted octanol–water partition coefficient (Wildman–Crippen LogP) is 5.25. The lowest BCUT2D eigenvalue weighted by molar-refractivity contribution is -0.384. The second kappa shape index (κ2) is 10.5. The number of nitro benzene ring substituents is 1. The Kier molecular flexibility index (Phi) is 7.71. The minimum absolute atomic E-state index is 0.169. The van der Waals surface area contributed by atoms with Crippen molar-refractivity contribution in [3.63, 3.8) is 0 Å². The second-order valence-corrected chi connectivity index (χ2v) is 8.38. The van der Waals surface area contributed by atoms with Crippen LogP contribution in [0.2, 0.25) is 0 Å². The normalized spacial score (nSPS) is 17.6. The van der Waals surface area contributed by atoms with Crippen molar-refractivity contribution in [2.45, 2.75) is 52.4 Å². The number of nitrogens with zero attached hydrogens (tertiary/aromatic N) is 3. The van der Waals surface area contributed by atoms with Crippen molar-refractivity contribution in [3.05, 3.63) is 40.0 Å². The summed E-state index contributed by atoms with van der Waals surface area (Å²) in [6.45, 7) is 7.63. The molecule has 0 spiro atoms. The van der Waals surface area contributed by atoms with E-state index in [9.17, 15) is 14.9 Å². The van der Waals surface area contributed by atoms with Crippen LogP contribution in [-0.4, -0.2) is 48.7 Å². The van der Waals surface area contributed by atoms with Gasteiger partial charge in [0.25, 0.3) is 5.69 Å². The molecule has 3 rings (SSSR count). The summed E-state index contributed by atoms with van der Waals surface area (Å²) in [5.41, 5.74) is 3.02. The van der Waals surface area contributed by atoms with Gasteiger partial charge in [0.05, 0.1) is 11.5 Å². The predicted molar refractivity (Wildman–Crippen MR) is 119 cm³/mol. The molecule has 7 nitrogen and oxygen atoms in total. The fourth-order valence-corrected chi connectivity index (χ4v) is 4.08. The highest BCUT2D eigenvalue weighted by Gasteiger charge is 2.25. The molecule has 0 radical (unpaired) electrons. The third-order valence-corrected chi connectivity index (χ3v) is 6.11. The Morgan fingerprint density at radius 3 is 2.63 bits per heavy atom. The van der Waals surface area contributed by atoms with E-state index in [2.05, 4.69) is 18.7 Å². The van der Waals surface area contributed by atoms with Crippen LogP contribution in [0.4, 0.5) is 16.2 Å². The molecule has 0 unspecified atom stereocenters. The summed E-state index contributed by atoms with van der Waals surface area (Å²) in [5.74, 6) is 0.664. The van der Waals surface area contributed by atoms with Gasteiger partial charge in [0, 0.05) is 32.2 Å². The molecule has 2 aliphatic rings. The molecule has 1 saturated heterocycles. The molecule has 1 aromatic rings. The van der Waals surface area contributed by atoms with Crippen molar-refractivity contribution in [2.24, 2.45) is 5.92 Å². The number of piperidine rings is 1. The summed E-state index contributed by atoms with van der Waals surface area (Å²) in [7, 11) is 0. The Balaban J connectivity index is 1.69. The summed E-state index contributed by atoms with van der Waals surface area (Å²) in [5, 5.41) is 11.6. The van der Waals surface area contributed by atoms with Gasteiger partial charge in [-0.15, -0.1) is 0 Å². The molecule has 0 atom stereocenters. The fourth-order valence-electron chi connectivity index (χ4n) is 4.08. The smallest absolute Gasteiger partial charge is 0.410 e. The lowest BCUT2D eigenvalue weighted by Crippen LogP contribution is -2.35. The number of carbonyl (C=O) groups is 1. The lowest BCUT2D eigenvalue weighted by atomic mass is 9.96. The molecular weight excluding hydrogens is 382 g/mol. The van der Waals surface area contributed by atoms with Gasteiger partial charge in [-0.2, -0.15) is 0 Å². The third-order valence-electron chi connectivity index (χ3n) is 6.11. The van der Waals surface area contributed by atoms with Gasteiger partial charge in [-0.1, -0.05) is 32.8 Å². The van der Waals surface area contributed by atoms with Gasteiger partial charge >= 0.3 is 6.09 Å². The second-order valence-electron chi connectivity index (χ2n) is 8.38. The Hall–Kier alpha value is -2.57. The van der Waals surface area contributed by atoms with Crippen molar-refractivity contribution >= 4 is 23.0 Å². The highest BCUT2D eigenvalue weighted by Crippen LogP contribution is 2.35. The quantitative estimate of drug-likeness (QED) is 0.345. The summed E-state index contributed by atoms with van der Waals surface area (Å²) in [6, 6.07) is 5.41. The highest BCUT2D eigenvalue weighted by molar-refractivity contribution is 5.76. The van der Waals surface area contributed by atoms with Gasteiger partial charge < -0.3 is 14.5 Å². The van der Waals surface area contributed by atoms with Crippen molar-refractivity contribution in [1.82, 2.24) is 4.90 Å². The zero-order valence-electron chi connectivity index (χ0n) is 18.1. The molecule has 30 heavy (non-hydrogen) atoms. The van der Waals surface area contributed by atoms with Crippen LogP contribution < -0.4 is 4.90 Å². The maximum absolute atomic E-state index is 12.2. The molecule has 1 aromatic carbocycles. The van der Waals surface area contributed by atoms with Crippen molar-refractivity contribution in [3.8, 4) is 0 Å². The number of ether oxygens (including phenoxy) is 1. The third kappa shape index (κ3) is 5.52. The summed E-state index contributed by atoms with van der Waals surface area (Å²) in [6.07, 6.45) is 7.68. The molecule has 0 aliphatic carbocycles. The Labute approximate surface area is 178 Å². The number of anilines is 1.